The van der Waals surface area contributed by atoms with Crippen LogP contribution in [0.15, 0.2) is 0 Å². The van der Waals surface area contributed by atoms with E-state index >= 15 is 0 Å². The molecule has 0 aromatic rings. The van der Waals surface area contributed by atoms with Gasteiger partial charge in [0, 0.05) is 33.1 Å². The number of carbonyl (C=O) groups is 2. The van der Waals surface area contributed by atoms with Crippen molar-refractivity contribution in [1.82, 2.24) is 0 Å². The van der Waals surface area contributed by atoms with Gasteiger partial charge in [0.05, 0.1) is 0 Å². The number of hydrogen-bond donors (Lipinski definition) is 4. The van der Waals surface area contributed by atoms with Gasteiger partial charge < -0.3 is 27.2 Å². The van der Waals surface area contributed by atoms with Crippen LogP contribution in [0.3, 0.4) is 0 Å². The van der Waals surface area contributed by atoms with Crippen LogP contribution in [0.2, 0.25) is 0 Å². The number of carboxylic acid groups (broad SMARTS) is 2. The smallest absolute Gasteiger partial charge is 0.414 e. The van der Waals surface area contributed by atoms with E-state index in [4.69, 9.17) is 31.3 Å². The Balaban J connectivity index is -0.000000195. The molecule has 100 valence electrons. The Kier molecular flexibility index (Phi) is 14.4. The number of nitrogens with two attached hydrogens (primary N) is 2. The molecule has 2 atom stereocenters. The monoisotopic (exact) mass is 418 g/mol. The second-order valence-electron chi connectivity index (χ2n) is 3.22. The molecule has 0 radical (unpaired) electrons. The van der Waals surface area contributed by atoms with E-state index in [1.54, 1.807) is 0 Å². The van der Waals surface area contributed by atoms with Crippen LogP contribution in [0, 0.1) is 0 Å². The third-order valence-corrected chi connectivity index (χ3v) is 2.06. The Hall–Kier alpha value is -0.492. The van der Waals surface area contributed by atoms with E-state index in [0.29, 0.717) is 0 Å². The fraction of sp³-hybridized carbons (Fsp3) is 0.750. The molecule has 1 aliphatic carbocycles. The Labute approximate surface area is 108 Å². The number of hydrogen-bond acceptors (Lipinski definition) is 4. The van der Waals surface area contributed by atoms with Crippen molar-refractivity contribution in [2.24, 2.45) is 11.5 Å². The zero-order valence-corrected chi connectivity index (χ0v) is 11.0. The van der Waals surface area contributed by atoms with Crippen molar-refractivity contribution < 1.29 is 46.3 Å². The SMILES string of the molecule is NC1CCCCC1N.O=C(O)C(=O)O.[OH3+].[Pt]. The molecule has 7 nitrogen and oxygen atoms in total. The largest absolute Gasteiger partial charge is 0.473 e. The summed E-state index contributed by atoms with van der Waals surface area (Å²) in [4.78, 5) is 18.2. The van der Waals surface area contributed by atoms with E-state index in [1.165, 1.54) is 12.8 Å². The van der Waals surface area contributed by atoms with Crippen LogP contribution >= 0.6 is 0 Å². The van der Waals surface area contributed by atoms with E-state index in [-0.39, 0.29) is 38.6 Å². The van der Waals surface area contributed by atoms with Crippen molar-refractivity contribution in [2.45, 2.75) is 37.8 Å². The summed E-state index contributed by atoms with van der Waals surface area (Å²) in [5, 5.41) is 14.8. The first-order valence-electron chi connectivity index (χ1n) is 4.42. The minimum Gasteiger partial charge on any atom is -0.473 e. The molecule has 9 N–H and O–H groups in total. The average molecular weight is 418 g/mol. The van der Waals surface area contributed by atoms with Crippen LogP contribution in [0.4, 0.5) is 0 Å². The van der Waals surface area contributed by atoms with Gasteiger partial charge in [0.1, 0.15) is 0 Å². The van der Waals surface area contributed by atoms with Gasteiger partial charge >= 0.3 is 11.9 Å². The molecule has 1 fully saturated rings. The summed E-state index contributed by atoms with van der Waals surface area (Å²) in [5.41, 5.74) is 11.3. The van der Waals surface area contributed by atoms with E-state index in [2.05, 4.69) is 0 Å². The predicted molar refractivity (Wildman–Crippen MR) is 54.6 cm³/mol. The maximum atomic E-state index is 9.10. The Morgan fingerprint density at radius 1 is 0.938 bits per heavy atom. The van der Waals surface area contributed by atoms with Crippen LogP contribution in [-0.2, 0) is 36.1 Å². The Morgan fingerprint density at radius 2 is 1.19 bits per heavy atom. The summed E-state index contributed by atoms with van der Waals surface area (Å²) in [6.45, 7) is 0. The van der Waals surface area contributed by atoms with E-state index in [9.17, 15) is 0 Å². The summed E-state index contributed by atoms with van der Waals surface area (Å²) in [6.07, 6.45) is 4.80. The zero-order chi connectivity index (χ0) is 11.1. The van der Waals surface area contributed by atoms with Crippen LogP contribution in [0.5, 0.6) is 0 Å². The van der Waals surface area contributed by atoms with Crippen LogP contribution in [0.25, 0.3) is 0 Å². The van der Waals surface area contributed by atoms with Crippen molar-refractivity contribution >= 4 is 11.9 Å². The number of aliphatic carboxylic acids is 2. The minimum absolute atomic E-state index is 0. The van der Waals surface area contributed by atoms with Crippen molar-refractivity contribution in [3.8, 4) is 0 Å². The fourth-order valence-electron chi connectivity index (χ4n) is 1.19. The van der Waals surface area contributed by atoms with Crippen molar-refractivity contribution in [1.29, 1.82) is 0 Å². The number of rotatable bonds is 0. The molecule has 1 saturated carbocycles. The van der Waals surface area contributed by atoms with Gasteiger partial charge in [-0.15, -0.1) is 0 Å². The molecular weight excluding hydrogens is 399 g/mol. The molecule has 1 aliphatic rings. The Morgan fingerprint density at radius 3 is 1.31 bits per heavy atom. The van der Waals surface area contributed by atoms with Crippen molar-refractivity contribution in [3.63, 3.8) is 0 Å². The second kappa shape index (κ2) is 11.0. The first kappa shape index (κ1) is 20.9. The summed E-state index contributed by atoms with van der Waals surface area (Å²) in [5.74, 6) is -3.65. The third-order valence-electron chi connectivity index (χ3n) is 2.06. The van der Waals surface area contributed by atoms with Crippen LogP contribution in [-0.4, -0.2) is 34.2 Å². The molecular formula is C8H19N2O5Pt+. The van der Waals surface area contributed by atoms with E-state index in [0.717, 1.165) is 12.8 Å². The summed E-state index contributed by atoms with van der Waals surface area (Å²) in [6, 6.07) is 0.562. The Bertz CT molecular complexity index is 193. The molecule has 16 heavy (non-hydrogen) atoms. The van der Waals surface area contributed by atoms with Gasteiger partial charge in [-0.2, -0.15) is 0 Å². The molecule has 1 rings (SSSR count). The van der Waals surface area contributed by atoms with E-state index in [1.807, 2.05) is 0 Å². The molecule has 0 saturated heterocycles. The summed E-state index contributed by atoms with van der Waals surface area (Å²) in [7, 11) is 0. The molecule has 8 heteroatoms. The molecule has 0 aromatic carbocycles. The van der Waals surface area contributed by atoms with Gasteiger partial charge in [-0.1, -0.05) is 12.8 Å². The molecule has 0 amide bonds. The summed E-state index contributed by atoms with van der Waals surface area (Å²) >= 11 is 0. The predicted octanol–water partition coefficient (Wildman–Crippen LogP) is -1.55. The van der Waals surface area contributed by atoms with Gasteiger partial charge in [-0.25, -0.2) is 9.59 Å². The zero-order valence-electron chi connectivity index (χ0n) is 8.74. The molecule has 0 spiro atoms. The van der Waals surface area contributed by atoms with Crippen molar-refractivity contribution in [3.05, 3.63) is 0 Å². The third kappa shape index (κ3) is 10.0. The standard InChI is InChI=1S/C6H14N2.C2H2O4.H2O.Pt/c7-5-3-1-2-4-6(5)8;3-1(4)2(5)6;;/h5-6H,1-4,7-8H2;(H,3,4)(H,5,6);1H2;/p+1. The number of carboxylic acids is 2. The minimum atomic E-state index is -1.82. The van der Waals surface area contributed by atoms with Crippen LogP contribution in [0.1, 0.15) is 25.7 Å². The maximum absolute atomic E-state index is 9.10. The first-order chi connectivity index (χ1) is 6.45. The van der Waals surface area contributed by atoms with Gasteiger partial charge in [0.2, 0.25) is 0 Å². The normalized spacial score (nSPS) is 22.6. The maximum Gasteiger partial charge on any atom is 0.414 e. The summed E-state index contributed by atoms with van der Waals surface area (Å²) < 4.78 is 0. The van der Waals surface area contributed by atoms with Crippen molar-refractivity contribution in [2.75, 3.05) is 0 Å². The molecule has 0 aromatic heterocycles. The first-order valence-corrected chi connectivity index (χ1v) is 4.42. The molecule has 0 aliphatic heterocycles. The molecule has 2 unspecified atom stereocenters. The van der Waals surface area contributed by atoms with E-state index < -0.39 is 11.9 Å². The second-order valence-corrected chi connectivity index (χ2v) is 3.22. The van der Waals surface area contributed by atoms with Gasteiger partial charge in [-0.3, -0.25) is 0 Å². The fourth-order valence-corrected chi connectivity index (χ4v) is 1.19. The molecule has 0 heterocycles. The van der Waals surface area contributed by atoms with Gasteiger partial charge in [0.25, 0.3) is 0 Å². The van der Waals surface area contributed by atoms with Crippen LogP contribution < -0.4 is 11.5 Å². The van der Waals surface area contributed by atoms with Gasteiger partial charge in [0.15, 0.2) is 0 Å². The topological polar surface area (TPSA) is 160 Å². The van der Waals surface area contributed by atoms with Gasteiger partial charge in [-0.05, 0) is 12.8 Å². The molecule has 0 bridgehead atoms. The quantitative estimate of drug-likeness (QED) is 0.275. The average Bonchev–Trinajstić information content (AvgIpc) is 2.11.